The van der Waals surface area contributed by atoms with E-state index in [1.54, 1.807) is 0 Å². The number of hydrogen-bond donors (Lipinski definition) is 0. The third-order valence-electron chi connectivity index (χ3n) is 4.40. The van der Waals surface area contributed by atoms with Gasteiger partial charge in [0.1, 0.15) is 0 Å². The first-order chi connectivity index (χ1) is 10.7. The van der Waals surface area contributed by atoms with E-state index >= 15 is 0 Å². The summed E-state index contributed by atoms with van der Waals surface area (Å²) in [7, 11) is -1.42. The first kappa shape index (κ1) is 15.0. The lowest BCUT2D eigenvalue weighted by atomic mass is 10.1. The van der Waals surface area contributed by atoms with Crippen LogP contribution in [0, 0.1) is 6.92 Å². The largest absolute Gasteiger partial charge is 0.0992 e. The lowest BCUT2D eigenvalue weighted by Gasteiger charge is -2.24. The predicted octanol–water partition coefficient (Wildman–Crippen LogP) is 4.79. The fourth-order valence-electron chi connectivity index (χ4n) is 2.97. The Morgan fingerprint density at radius 2 is 1.09 bits per heavy atom. The van der Waals surface area contributed by atoms with Gasteiger partial charge in [-0.2, -0.15) is 0 Å². The number of hydrogen-bond acceptors (Lipinski definition) is 0. The molecule has 0 fully saturated rings. The maximum Gasteiger partial charge on any atom is 0.0992 e. The van der Waals surface area contributed by atoms with E-state index in [4.69, 9.17) is 0 Å². The van der Waals surface area contributed by atoms with Gasteiger partial charge in [-0.05, 0) is 42.3 Å². The lowest BCUT2D eigenvalue weighted by Crippen LogP contribution is -2.23. The molecule has 22 heavy (non-hydrogen) atoms. The molecule has 0 heterocycles. The monoisotopic (exact) mass is 305 g/mol. The van der Waals surface area contributed by atoms with Crippen molar-refractivity contribution in [1.82, 2.24) is 0 Å². The normalized spacial score (nSPS) is 11.4. The fraction of sp³-hybridized carbons (Fsp3) is 0.143. The zero-order valence-corrected chi connectivity index (χ0v) is 14.1. The van der Waals surface area contributed by atoms with Crippen molar-refractivity contribution >= 4 is 17.9 Å². The molecular formula is C21H22P+. The van der Waals surface area contributed by atoms with Crippen LogP contribution >= 0.6 is 7.26 Å². The SMILES string of the molecule is Cc1ccccc1C[P+](C)(c1ccccc1)c1ccccc1. The van der Waals surface area contributed by atoms with E-state index < -0.39 is 7.26 Å². The average Bonchev–Trinajstić information content (AvgIpc) is 2.58. The molecule has 0 aliphatic carbocycles. The molecule has 0 atom stereocenters. The van der Waals surface area contributed by atoms with Gasteiger partial charge in [-0.1, -0.05) is 60.7 Å². The molecule has 3 rings (SSSR count). The van der Waals surface area contributed by atoms with Gasteiger partial charge in [0.25, 0.3) is 0 Å². The van der Waals surface area contributed by atoms with Gasteiger partial charge in [-0.3, -0.25) is 0 Å². The van der Waals surface area contributed by atoms with E-state index in [1.807, 2.05) is 0 Å². The van der Waals surface area contributed by atoms with Gasteiger partial charge in [-0.15, -0.1) is 0 Å². The second-order valence-electron chi connectivity index (χ2n) is 5.95. The Morgan fingerprint density at radius 1 is 0.636 bits per heavy atom. The van der Waals surface area contributed by atoms with Gasteiger partial charge in [0.15, 0.2) is 0 Å². The molecule has 0 aliphatic heterocycles. The lowest BCUT2D eigenvalue weighted by molar-refractivity contribution is 1.29. The summed E-state index contributed by atoms with van der Waals surface area (Å²) in [5.74, 6) is 0. The average molecular weight is 305 g/mol. The van der Waals surface area contributed by atoms with Gasteiger partial charge >= 0.3 is 0 Å². The number of benzene rings is 3. The molecular weight excluding hydrogens is 283 g/mol. The van der Waals surface area contributed by atoms with Gasteiger partial charge in [0.05, 0.1) is 30.7 Å². The summed E-state index contributed by atoms with van der Waals surface area (Å²) < 4.78 is 0. The highest BCUT2D eigenvalue weighted by atomic mass is 31.2. The fourth-order valence-corrected chi connectivity index (χ4v) is 6.33. The summed E-state index contributed by atoms with van der Waals surface area (Å²) in [6.07, 6.45) is 1.12. The van der Waals surface area contributed by atoms with Gasteiger partial charge in [0.2, 0.25) is 0 Å². The molecule has 1 heteroatoms. The molecule has 3 aromatic rings. The highest BCUT2D eigenvalue weighted by Gasteiger charge is 2.37. The molecule has 0 nitrogen and oxygen atoms in total. The van der Waals surface area contributed by atoms with Gasteiger partial charge in [-0.25, -0.2) is 0 Å². The summed E-state index contributed by atoms with van der Waals surface area (Å²) in [6.45, 7) is 4.68. The van der Waals surface area contributed by atoms with Crippen LogP contribution in [0.3, 0.4) is 0 Å². The van der Waals surface area contributed by atoms with Crippen LogP contribution in [0.2, 0.25) is 0 Å². The highest BCUT2D eigenvalue weighted by Crippen LogP contribution is 2.55. The Morgan fingerprint density at radius 3 is 1.59 bits per heavy atom. The molecule has 3 aromatic carbocycles. The Bertz CT molecular complexity index is 693. The van der Waals surface area contributed by atoms with Crippen molar-refractivity contribution in [2.24, 2.45) is 0 Å². The number of rotatable bonds is 4. The quantitative estimate of drug-likeness (QED) is 0.608. The van der Waals surface area contributed by atoms with Crippen LogP contribution in [-0.4, -0.2) is 6.66 Å². The van der Waals surface area contributed by atoms with E-state index in [2.05, 4.69) is 98.5 Å². The molecule has 110 valence electrons. The van der Waals surface area contributed by atoms with Crippen LogP contribution in [0.5, 0.6) is 0 Å². The summed E-state index contributed by atoms with van der Waals surface area (Å²) in [4.78, 5) is 0. The summed E-state index contributed by atoms with van der Waals surface area (Å²) in [5, 5.41) is 2.95. The highest BCUT2D eigenvalue weighted by molar-refractivity contribution is 7.88. The van der Waals surface area contributed by atoms with Crippen molar-refractivity contribution in [1.29, 1.82) is 0 Å². The van der Waals surface area contributed by atoms with E-state index in [9.17, 15) is 0 Å². The van der Waals surface area contributed by atoms with E-state index in [1.165, 1.54) is 21.7 Å². The van der Waals surface area contributed by atoms with Gasteiger partial charge < -0.3 is 0 Å². The predicted molar refractivity (Wildman–Crippen MR) is 99.9 cm³/mol. The van der Waals surface area contributed by atoms with Crippen LogP contribution < -0.4 is 10.6 Å². The van der Waals surface area contributed by atoms with Crippen LogP contribution in [0.15, 0.2) is 84.9 Å². The third-order valence-corrected chi connectivity index (χ3v) is 8.25. The summed E-state index contributed by atoms with van der Waals surface area (Å²) in [6, 6.07) is 30.8. The molecule has 0 saturated heterocycles. The van der Waals surface area contributed by atoms with E-state index in [-0.39, 0.29) is 0 Å². The minimum atomic E-state index is -1.42. The Labute approximate surface area is 134 Å². The third kappa shape index (κ3) is 2.98. The Hall–Kier alpha value is -1.91. The molecule has 0 spiro atoms. The van der Waals surface area contributed by atoms with Crippen molar-refractivity contribution in [3.05, 3.63) is 96.1 Å². The van der Waals surface area contributed by atoms with Crippen molar-refractivity contribution in [2.75, 3.05) is 6.66 Å². The second-order valence-corrected chi connectivity index (χ2v) is 9.68. The zero-order valence-electron chi connectivity index (χ0n) is 13.2. The molecule has 0 bridgehead atoms. The molecule has 0 radical (unpaired) electrons. The zero-order chi connectivity index (χ0) is 15.4. The van der Waals surface area contributed by atoms with Crippen LogP contribution in [0.4, 0.5) is 0 Å². The van der Waals surface area contributed by atoms with Crippen LogP contribution in [0.1, 0.15) is 11.1 Å². The number of aryl methyl sites for hydroxylation is 1. The molecule has 0 unspecified atom stereocenters. The minimum absolute atomic E-state index is 1.12. The summed E-state index contributed by atoms with van der Waals surface area (Å²) >= 11 is 0. The van der Waals surface area contributed by atoms with Gasteiger partial charge in [0, 0.05) is 0 Å². The standard InChI is InChI=1S/C21H22P/c1-18-11-9-10-12-19(18)17-22(2,20-13-5-3-6-14-20)21-15-7-4-8-16-21/h3-16H,17H2,1-2H3/q+1. The maximum atomic E-state index is 2.46. The van der Waals surface area contributed by atoms with Crippen molar-refractivity contribution in [3.8, 4) is 0 Å². The topological polar surface area (TPSA) is 0 Å². The van der Waals surface area contributed by atoms with E-state index in [0.29, 0.717) is 0 Å². The maximum absolute atomic E-state index is 2.46. The smallest absolute Gasteiger partial charge is 0.0620 e. The molecule has 0 N–H and O–H groups in total. The molecule has 0 amide bonds. The van der Waals surface area contributed by atoms with Crippen molar-refractivity contribution < 1.29 is 0 Å². The van der Waals surface area contributed by atoms with Crippen molar-refractivity contribution in [2.45, 2.75) is 13.1 Å². The Balaban J connectivity index is 2.10. The van der Waals surface area contributed by atoms with Crippen LogP contribution in [0.25, 0.3) is 0 Å². The van der Waals surface area contributed by atoms with Crippen molar-refractivity contribution in [3.63, 3.8) is 0 Å². The first-order valence-corrected chi connectivity index (χ1v) is 10.1. The minimum Gasteiger partial charge on any atom is -0.0620 e. The Kier molecular flexibility index (Phi) is 4.41. The molecule has 0 saturated carbocycles. The first-order valence-electron chi connectivity index (χ1n) is 7.71. The van der Waals surface area contributed by atoms with Crippen LogP contribution in [-0.2, 0) is 6.16 Å². The molecule has 0 aliphatic rings. The van der Waals surface area contributed by atoms with E-state index in [0.717, 1.165) is 6.16 Å². The summed E-state index contributed by atoms with van der Waals surface area (Å²) in [5.41, 5.74) is 2.85. The second kappa shape index (κ2) is 6.46. The molecule has 0 aromatic heterocycles.